The van der Waals surface area contributed by atoms with Crippen LogP contribution in [0, 0.1) is 0 Å². The lowest BCUT2D eigenvalue weighted by Crippen LogP contribution is -2.32. The van der Waals surface area contributed by atoms with E-state index in [0.29, 0.717) is 12.8 Å². The molecule has 156 valence electrons. The molecule has 3 aliphatic rings. The topological polar surface area (TPSA) is 40.6 Å². The quantitative estimate of drug-likeness (QED) is 0.542. The summed E-state index contributed by atoms with van der Waals surface area (Å²) in [5, 5.41) is 0. The Morgan fingerprint density at radius 1 is 0.800 bits per heavy atom. The fraction of sp³-hybridized carbons (Fsp3) is 0.462. The van der Waals surface area contributed by atoms with Gasteiger partial charge in [-0.3, -0.25) is 9.59 Å². The van der Waals surface area contributed by atoms with Gasteiger partial charge in [-0.05, 0) is 79.5 Å². The number of ketones is 1. The fourth-order valence-electron chi connectivity index (χ4n) is 5.32. The molecular weight excluding hydrogens is 372 g/mol. The molecule has 30 heavy (non-hydrogen) atoms. The Morgan fingerprint density at radius 3 is 2.20 bits per heavy atom. The Morgan fingerprint density at radius 2 is 1.47 bits per heavy atom. The number of hydrogen-bond donors (Lipinski definition) is 0. The zero-order chi connectivity index (χ0) is 20.5. The van der Waals surface area contributed by atoms with Gasteiger partial charge in [0.05, 0.1) is 5.69 Å². The number of amides is 1. The molecule has 0 aromatic heterocycles. The number of unbranched alkanes of at least 4 members (excludes halogenated alkanes) is 1. The molecule has 0 saturated carbocycles. The number of fused-ring (bicyclic) bond motifs is 1. The molecule has 0 spiro atoms. The molecule has 0 atom stereocenters. The van der Waals surface area contributed by atoms with Crippen molar-refractivity contribution in [2.45, 2.75) is 51.4 Å². The summed E-state index contributed by atoms with van der Waals surface area (Å²) in [6.45, 7) is 4.09. The molecule has 4 nitrogen and oxygen atoms in total. The Hall–Kier alpha value is -2.46. The normalized spacial score (nSPS) is 18.1. The molecule has 2 aromatic carbocycles. The first-order chi connectivity index (χ1) is 14.7. The molecule has 3 heterocycles. The molecule has 0 aliphatic carbocycles. The van der Waals surface area contributed by atoms with E-state index >= 15 is 0 Å². The summed E-state index contributed by atoms with van der Waals surface area (Å²) in [7, 11) is 0. The van der Waals surface area contributed by atoms with E-state index in [0.717, 1.165) is 76.0 Å². The standard InChI is InChI=1S/C26H30N2O2/c29-24(23-17-21-8-9-25(30)28-16-12-22(18-23)26(21)28)7-3-4-13-27-14-10-19-5-1-2-6-20(19)11-15-27/h1-2,5-6,17-18H,3-4,7-16H2. The molecule has 1 amide bonds. The van der Waals surface area contributed by atoms with Gasteiger partial charge in [-0.1, -0.05) is 24.3 Å². The SMILES string of the molecule is O=C(CCCCN1CCc2ccccc2CC1)c1cc2c3c(c1)CCN3C(=O)CC2. The molecule has 0 unspecified atom stereocenters. The predicted octanol–water partition coefficient (Wildman–Crippen LogP) is 3.98. The molecule has 0 N–H and O–H groups in total. The van der Waals surface area contributed by atoms with Crippen LogP contribution in [0.2, 0.25) is 0 Å². The number of benzene rings is 2. The Labute approximate surface area is 178 Å². The van der Waals surface area contributed by atoms with Gasteiger partial charge >= 0.3 is 0 Å². The van der Waals surface area contributed by atoms with Crippen molar-refractivity contribution in [1.29, 1.82) is 0 Å². The van der Waals surface area contributed by atoms with Gasteiger partial charge in [-0.25, -0.2) is 0 Å². The fourth-order valence-corrected chi connectivity index (χ4v) is 5.32. The minimum atomic E-state index is 0.233. The highest BCUT2D eigenvalue weighted by atomic mass is 16.2. The molecule has 5 rings (SSSR count). The molecule has 0 saturated heterocycles. The Kier molecular flexibility index (Phi) is 5.43. The number of carbonyl (C=O) groups is 2. The second-order valence-electron chi connectivity index (χ2n) is 8.93. The smallest absolute Gasteiger partial charge is 0.227 e. The highest BCUT2D eigenvalue weighted by Crippen LogP contribution is 2.37. The van der Waals surface area contributed by atoms with Crippen LogP contribution in [0.15, 0.2) is 36.4 Å². The molecule has 0 radical (unpaired) electrons. The Bertz CT molecular complexity index is 954. The monoisotopic (exact) mass is 402 g/mol. The van der Waals surface area contributed by atoms with Crippen molar-refractivity contribution in [2.75, 3.05) is 31.1 Å². The third kappa shape index (κ3) is 3.81. The van der Waals surface area contributed by atoms with E-state index in [2.05, 4.69) is 35.2 Å². The van der Waals surface area contributed by atoms with Gasteiger partial charge < -0.3 is 9.80 Å². The van der Waals surface area contributed by atoms with Crippen molar-refractivity contribution in [2.24, 2.45) is 0 Å². The third-order valence-corrected chi connectivity index (χ3v) is 7.01. The van der Waals surface area contributed by atoms with Crippen molar-refractivity contribution in [3.63, 3.8) is 0 Å². The van der Waals surface area contributed by atoms with Gasteiger partial charge in [0.2, 0.25) is 5.91 Å². The number of Topliss-reactive ketones (excluding diaryl/α,β-unsaturated/α-hetero) is 1. The number of anilines is 1. The van der Waals surface area contributed by atoms with Gasteiger partial charge in [0, 0.05) is 38.0 Å². The van der Waals surface area contributed by atoms with Gasteiger partial charge in [0.25, 0.3) is 0 Å². The molecule has 0 fully saturated rings. The maximum Gasteiger partial charge on any atom is 0.227 e. The van der Waals surface area contributed by atoms with Crippen LogP contribution < -0.4 is 4.90 Å². The number of carbonyl (C=O) groups excluding carboxylic acids is 2. The largest absolute Gasteiger partial charge is 0.312 e. The number of hydrogen-bond acceptors (Lipinski definition) is 3. The average molecular weight is 403 g/mol. The van der Waals surface area contributed by atoms with Crippen LogP contribution in [0.3, 0.4) is 0 Å². The van der Waals surface area contributed by atoms with Crippen LogP contribution in [-0.4, -0.2) is 42.8 Å². The molecular formula is C26H30N2O2. The number of aryl methyl sites for hydroxylation is 1. The maximum atomic E-state index is 12.8. The van der Waals surface area contributed by atoms with Gasteiger partial charge in [-0.2, -0.15) is 0 Å². The molecule has 0 bridgehead atoms. The summed E-state index contributed by atoms with van der Waals surface area (Å²) >= 11 is 0. The first kappa shape index (κ1) is 19.5. The number of nitrogens with zero attached hydrogens (tertiary/aromatic N) is 2. The van der Waals surface area contributed by atoms with Gasteiger partial charge in [0.15, 0.2) is 5.78 Å². The second-order valence-corrected chi connectivity index (χ2v) is 8.93. The maximum absolute atomic E-state index is 12.8. The van der Waals surface area contributed by atoms with Crippen molar-refractivity contribution < 1.29 is 9.59 Å². The molecule has 4 heteroatoms. The minimum absolute atomic E-state index is 0.233. The van der Waals surface area contributed by atoms with Crippen LogP contribution >= 0.6 is 0 Å². The summed E-state index contributed by atoms with van der Waals surface area (Å²) in [4.78, 5) is 29.4. The van der Waals surface area contributed by atoms with Crippen molar-refractivity contribution in [1.82, 2.24) is 4.90 Å². The zero-order valence-electron chi connectivity index (χ0n) is 17.7. The molecule has 3 aliphatic heterocycles. The third-order valence-electron chi connectivity index (χ3n) is 7.01. The lowest BCUT2D eigenvalue weighted by atomic mass is 9.94. The summed E-state index contributed by atoms with van der Waals surface area (Å²) in [5.74, 6) is 0.490. The van der Waals surface area contributed by atoms with E-state index < -0.39 is 0 Å². The second kappa shape index (κ2) is 8.35. The summed E-state index contributed by atoms with van der Waals surface area (Å²) in [5.41, 5.74) is 7.33. The van der Waals surface area contributed by atoms with E-state index in [1.807, 2.05) is 11.0 Å². The van der Waals surface area contributed by atoms with E-state index in [4.69, 9.17) is 0 Å². The first-order valence-electron chi connectivity index (χ1n) is 11.5. The minimum Gasteiger partial charge on any atom is -0.312 e. The van der Waals surface area contributed by atoms with Crippen molar-refractivity contribution >= 4 is 17.4 Å². The molecule has 2 aromatic rings. The van der Waals surface area contributed by atoms with Crippen LogP contribution in [-0.2, 0) is 30.5 Å². The van der Waals surface area contributed by atoms with Gasteiger partial charge in [0.1, 0.15) is 0 Å². The lowest BCUT2D eigenvalue weighted by molar-refractivity contribution is -0.118. The predicted molar refractivity (Wildman–Crippen MR) is 119 cm³/mol. The van der Waals surface area contributed by atoms with E-state index in [1.54, 1.807) is 0 Å². The van der Waals surface area contributed by atoms with Crippen LogP contribution in [0.4, 0.5) is 5.69 Å². The zero-order valence-corrected chi connectivity index (χ0v) is 17.7. The van der Waals surface area contributed by atoms with E-state index in [1.165, 1.54) is 22.3 Å². The van der Waals surface area contributed by atoms with Crippen molar-refractivity contribution in [3.8, 4) is 0 Å². The van der Waals surface area contributed by atoms with Crippen LogP contribution in [0.25, 0.3) is 0 Å². The van der Waals surface area contributed by atoms with Gasteiger partial charge in [-0.15, -0.1) is 0 Å². The van der Waals surface area contributed by atoms with Crippen molar-refractivity contribution in [3.05, 3.63) is 64.2 Å². The summed E-state index contributed by atoms with van der Waals surface area (Å²) in [6.07, 6.45) is 7.13. The van der Waals surface area contributed by atoms with E-state index in [-0.39, 0.29) is 11.7 Å². The first-order valence-corrected chi connectivity index (χ1v) is 11.5. The van der Waals surface area contributed by atoms with E-state index in [9.17, 15) is 9.59 Å². The highest BCUT2D eigenvalue weighted by molar-refractivity contribution is 6.02. The lowest BCUT2D eigenvalue weighted by Gasteiger charge is -2.25. The summed E-state index contributed by atoms with van der Waals surface area (Å²) < 4.78 is 0. The van der Waals surface area contributed by atoms with Crippen LogP contribution in [0.1, 0.15) is 58.3 Å². The average Bonchev–Trinajstić information content (AvgIpc) is 3.10. The van der Waals surface area contributed by atoms with Crippen LogP contribution in [0.5, 0.6) is 0 Å². The highest BCUT2D eigenvalue weighted by Gasteiger charge is 2.31. The Balaban J connectivity index is 1.13. The summed E-state index contributed by atoms with van der Waals surface area (Å²) in [6, 6.07) is 12.9. The number of rotatable bonds is 6.